The van der Waals surface area contributed by atoms with Gasteiger partial charge in [-0.3, -0.25) is 4.79 Å². The highest BCUT2D eigenvalue weighted by Gasteiger charge is 2.14. The highest BCUT2D eigenvalue weighted by Crippen LogP contribution is 2.08. The molecule has 0 spiro atoms. The van der Waals surface area contributed by atoms with Crippen LogP contribution in [0.4, 0.5) is 0 Å². The van der Waals surface area contributed by atoms with Crippen molar-refractivity contribution in [3.8, 4) is 5.75 Å². The first-order chi connectivity index (χ1) is 10.3. The highest BCUT2D eigenvalue weighted by atomic mass is 16.5. The Morgan fingerprint density at radius 3 is 2.76 bits per heavy atom. The molecule has 5 nitrogen and oxygen atoms in total. The molecule has 1 fully saturated rings. The van der Waals surface area contributed by atoms with Crippen LogP contribution < -0.4 is 15.4 Å². The molecule has 1 amide bonds. The van der Waals surface area contributed by atoms with Gasteiger partial charge in [0.2, 0.25) is 5.91 Å². The van der Waals surface area contributed by atoms with Crippen molar-refractivity contribution in [2.75, 3.05) is 32.8 Å². The maximum Gasteiger partial charge on any atom is 0.246 e. The van der Waals surface area contributed by atoms with Crippen LogP contribution in [0.25, 0.3) is 0 Å². The van der Waals surface area contributed by atoms with Crippen molar-refractivity contribution in [3.63, 3.8) is 0 Å². The first kappa shape index (κ1) is 15.8. The number of hydrogen-bond donors (Lipinski definition) is 2. The van der Waals surface area contributed by atoms with Gasteiger partial charge in [0.05, 0.1) is 12.7 Å². The van der Waals surface area contributed by atoms with Crippen LogP contribution >= 0.6 is 0 Å². The Labute approximate surface area is 126 Å². The summed E-state index contributed by atoms with van der Waals surface area (Å²) in [6, 6.07) is 9.68. The normalized spacial score (nSPS) is 15.6. The summed E-state index contributed by atoms with van der Waals surface area (Å²) in [5, 5.41) is 6.12. The van der Waals surface area contributed by atoms with Crippen LogP contribution in [0.3, 0.4) is 0 Å². The average molecular weight is 292 g/mol. The summed E-state index contributed by atoms with van der Waals surface area (Å²) in [6.07, 6.45) is 2.98. The number of hydrogen-bond acceptors (Lipinski definition) is 4. The second-order valence-corrected chi connectivity index (χ2v) is 5.13. The third-order valence-electron chi connectivity index (χ3n) is 3.39. The standard InChI is InChI=1S/C16H24N2O3/c19-16(13-21-15-7-10-17-11-8-15)18-9-4-12-20-14-5-2-1-3-6-14/h1-3,5-6,15,17H,4,7-13H2,(H,18,19). The summed E-state index contributed by atoms with van der Waals surface area (Å²) in [4.78, 5) is 11.6. The van der Waals surface area contributed by atoms with Gasteiger partial charge in [0.15, 0.2) is 0 Å². The molecule has 5 heteroatoms. The number of nitrogens with one attached hydrogen (secondary N) is 2. The number of carbonyl (C=O) groups excluding carboxylic acids is 1. The van der Waals surface area contributed by atoms with Crippen LogP contribution in [0.15, 0.2) is 30.3 Å². The van der Waals surface area contributed by atoms with E-state index in [1.54, 1.807) is 0 Å². The molecule has 116 valence electrons. The minimum absolute atomic E-state index is 0.0479. The lowest BCUT2D eigenvalue weighted by molar-refractivity contribution is -0.128. The summed E-state index contributed by atoms with van der Waals surface area (Å²) < 4.78 is 11.1. The second-order valence-electron chi connectivity index (χ2n) is 5.13. The van der Waals surface area contributed by atoms with Crippen molar-refractivity contribution in [2.24, 2.45) is 0 Å². The first-order valence-electron chi connectivity index (χ1n) is 7.61. The van der Waals surface area contributed by atoms with Crippen LogP contribution in [0, 0.1) is 0 Å². The molecule has 21 heavy (non-hydrogen) atoms. The number of para-hydroxylation sites is 1. The molecule has 0 aromatic heterocycles. The summed E-state index contributed by atoms with van der Waals surface area (Å²) in [5.41, 5.74) is 0. The topological polar surface area (TPSA) is 59.6 Å². The molecule has 1 aromatic carbocycles. The van der Waals surface area contributed by atoms with Crippen LogP contribution in [0.1, 0.15) is 19.3 Å². The number of benzene rings is 1. The van der Waals surface area contributed by atoms with E-state index in [9.17, 15) is 4.79 Å². The predicted molar refractivity (Wildman–Crippen MR) is 81.4 cm³/mol. The largest absolute Gasteiger partial charge is 0.494 e. The van der Waals surface area contributed by atoms with Crippen molar-refractivity contribution in [1.82, 2.24) is 10.6 Å². The van der Waals surface area contributed by atoms with Gasteiger partial charge in [0, 0.05) is 6.54 Å². The number of carbonyl (C=O) groups is 1. The maximum atomic E-state index is 11.6. The molecular formula is C16H24N2O3. The van der Waals surface area contributed by atoms with Gasteiger partial charge in [-0.1, -0.05) is 18.2 Å². The molecule has 0 atom stereocenters. The first-order valence-corrected chi connectivity index (χ1v) is 7.61. The summed E-state index contributed by atoms with van der Waals surface area (Å²) in [5.74, 6) is 0.811. The Bertz CT molecular complexity index is 405. The lowest BCUT2D eigenvalue weighted by Crippen LogP contribution is -2.36. The zero-order chi connectivity index (χ0) is 14.8. The van der Waals surface area contributed by atoms with Crippen molar-refractivity contribution in [2.45, 2.75) is 25.4 Å². The minimum Gasteiger partial charge on any atom is -0.494 e. The average Bonchev–Trinajstić information content (AvgIpc) is 2.54. The molecule has 2 N–H and O–H groups in total. The van der Waals surface area contributed by atoms with Gasteiger partial charge in [-0.2, -0.15) is 0 Å². The van der Waals surface area contributed by atoms with E-state index in [1.807, 2.05) is 30.3 Å². The Balaban J connectivity index is 1.47. The molecule has 1 aliphatic rings. The van der Waals surface area contributed by atoms with E-state index in [1.165, 1.54) is 0 Å². The van der Waals surface area contributed by atoms with Gasteiger partial charge in [0.25, 0.3) is 0 Å². The Morgan fingerprint density at radius 2 is 2.00 bits per heavy atom. The zero-order valence-corrected chi connectivity index (χ0v) is 12.3. The van der Waals surface area contributed by atoms with E-state index in [0.29, 0.717) is 13.2 Å². The second kappa shape index (κ2) is 9.37. The monoisotopic (exact) mass is 292 g/mol. The third kappa shape index (κ3) is 6.60. The summed E-state index contributed by atoms with van der Waals surface area (Å²) >= 11 is 0. The van der Waals surface area contributed by atoms with Gasteiger partial charge >= 0.3 is 0 Å². The number of piperidine rings is 1. The predicted octanol–water partition coefficient (Wildman–Crippen LogP) is 1.34. The molecular weight excluding hydrogens is 268 g/mol. The molecule has 0 bridgehead atoms. The van der Waals surface area contributed by atoms with E-state index < -0.39 is 0 Å². The van der Waals surface area contributed by atoms with Crippen LogP contribution in [-0.4, -0.2) is 44.9 Å². The number of ether oxygens (including phenoxy) is 2. The van der Waals surface area contributed by atoms with Gasteiger partial charge in [-0.15, -0.1) is 0 Å². The summed E-state index contributed by atoms with van der Waals surface area (Å²) in [7, 11) is 0. The van der Waals surface area contributed by atoms with Gasteiger partial charge in [-0.25, -0.2) is 0 Å². The van der Waals surface area contributed by atoms with E-state index in [-0.39, 0.29) is 18.6 Å². The Morgan fingerprint density at radius 1 is 1.24 bits per heavy atom. The maximum absolute atomic E-state index is 11.6. The zero-order valence-electron chi connectivity index (χ0n) is 12.3. The lowest BCUT2D eigenvalue weighted by Gasteiger charge is -2.22. The van der Waals surface area contributed by atoms with E-state index in [2.05, 4.69) is 10.6 Å². The molecule has 1 aliphatic heterocycles. The van der Waals surface area contributed by atoms with E-state index in [4.69, 9.17) is 9.47 Å². The van der Waals surface area contributed by atoms with Gasteiger partial charge < -0.3 is 20.1 Å². The van der Waals surface area contributed by atoms with Crippen LogP contribution in [0.2, 0.25) is 0 Å². The molecule has 0 aliphatic carbocycles. The summed E-state index contributed by atoms with van der Waals surface area (Å²) in [6.45, 7) is 3.32. The Hall–Kier alpha value is -1.59. The fourth-order valence-electron chi connectivity index (χ4n) is 2.21. The van der Waals surface area contributed by atoms with Gasteiger partial charge in [0.1, 0.15) is 12.4 Å². The molecule has 1 saturated heterocycles. The molecule has 0 radical (unpaired) electrons. The number of rotatable bonds is 8. The van der Waals surface area contributed by atoms with Crippen molar-refractivity contribution in [3.05, 3.63) is 30.3 Å². The van der Waals surface area contributed by atoms with Crippen molar-refractivity contribution < 1.29 is 14.3 Å². The van der Waals surface area contributed by atoms with Crippen molar-refractivity contribution in [1.29, 1.82) is 0 Å². The SMILES string of the molecule is O=C(COC1CCNCC1)NCCCOc1ccccc1. The minimum atomic E-state index is -0.0479. The van der Waals surface area contributed by atoms with Crippen molar-refractivity contribution >= 4 is 5.91 Å². The highest BCUT2D eigenvalue weighted by molar-refractivity contribution is 5.77. The van der Waals surface area contributed by atoms with E-state index in [0.717, 1.165) is 38.1 Å². The molecule has 0 saturated carbocycles. The fraction of sp³-hybridized carbons (Fsp3) is 0.562. The Kier molecular flexibility index (Phi) is 7.04. The lowest BCUT2D eigenvalue weighted by atomic mass is 10.1. The fourth-order valence-corrected chi connectivity index (χ4v) is 2.21. The number of amides is 1. The smallest absolute Gasteiger partial charge is 0.246 e. The molecule has 1 heterocycles. The van der Waals surface area contributed by atoms with Crippen LogP contribution in [0.5, 0.6) is 5.75 Å². The molecule has 2 rings (SSSR count). The molecule has 0 unspecified atom stereocenters. The van der Waals surface area contributed by atoms with Gasteiger partial charge in [-0.05, 0) is 44.5 Å². The van der Waals surface area contributed by atoms with Crippen LogP contribution in [-0.2, 0) is 9.53 Å². The quantitative estimate of drug-likeness (QED) is 0.710. The molecule has 1 aromatic rings. The third-order valence-corrected chi connectivity index (χ3v) is 3.39. The van der Waals surface area contributed by atoms with E-state index >= 15 is 0 Å².